The zero-order chi connectivity index (χ0) is 23.2. The van der Waals surface area contributed by atoms with Gasteiger partial charge in [-0.25, -0.2) is 9.18 Å². The first-order chi connectivity index (χ1) is 16.0. The van der Waals surface area contributed by atoms with E-state index in [2.05, 4.69) is 21.3 Å². The number of carbonyl (C=O) groups is 3. The Balaban J connectivity index is 1.29. The van der Waals surface area contributed by atoms with Gasteiger partial charge in [0.1, 0.15) is 5.82 Å². The van der Waals surface area contributed by atoms with E-state index in [-0.39, 0.29) is 30.4 Å². The van der Waals surface area contributed by atoms with Gasteiger partial charge in [-0.05, 0) is 79.1 Å². The summed E-state index contributed by atoms with van der Waals surface area (Å²) in [7, 11) is 0. The summed E-state index contributed by atoms with van der Waals surface area (Å²) in [5.74, 6) is -1.02. The molecule has 3 aromatic carbocycles. The van der Waals surface area contributed by atoms with Gasteiger partial charge in [-0.3, -0.25) is 9.59 Å². The molecule has 4 rings (SSSR count). The van der Waals surface area contributed by atoms with Crippen LogP contribution in [0, 0.1) is 5.82 Å². The number of nitrogens with one attached hydrogen (secondary N) is 4. The van der Waals surface area contributed by atoms with Crippen LogP contribution in [0.2, 0.25) is 0 Å². The van der Waals surface area contributed by atoms with Crippen molar-refractivity contribution in [3.05, 3.63) is 95.3 Å². The summed E-state index contributed by atoms with van der Waals surface area (Å²) >= 11 is 0. The molecule has 3 aromatic rings. The third-order valence-electron chi connectivity index (χ3n) is 5.06. The summed E-state index contributed by atoms with van der Waals surface area (Å²) in [5.41, 5.74) is 2.78. The van der Waals surface area contributed by atoms with Gasteiger partial charge in [0.2, 0.25) is 0 Å². The number of amides is 4. The molecule has 1 saturated carbocycles. The highest BCUT2D eigenvalue weighted by molar-refractivity contribution is 6.04. The van der Waals surface area contributed by atoms with E-state index < -0.39 is 5.82 Å². The third-order valence-corrected chi connectivity index (χ3v) is 5.06. The monoisotopic (exact) mass is 446 g/mol. The number of halogens is 1. The number of urea groups is 1. The number of hydrogen-bond acceptors (Lipinski definition) is 3. The number of carbonyl (C=O) groups excluding carboxylic acids is 3. The summed E-state index contributed by atoms with van der Waals surface area (Å²) in [6, 6.07) is 19.0. The fourth-order valence-electron chi connectivity index (χ4n) is 3.13. The zero-order valence-electron chi connectivity index (χ0n) is 17.7. The van der Waals surface area contributed by atoms with E-state index >= 15 is 0 Å². The van der Waals surface area contributed by atoms with Crippen LogP contribution in [0.5, 0.6) is 0 Å². The zero-order valence-corrected chi connectivity index (χ0v) is 17.7. The van der Waals surface area contributed by atoms with Crippen LogP contribution in [0.4, 0.5) is 20.6 Å². The van der Waals surface area contributed by atoms with Gasteiger partial charge in [0.05, 0.1) is 0 Å². The molecule has 1 aliphatic rings. The van der Waals surface area contributed by atoms with E-state index in [1.807, 2.05) is 6.07 Å². The standard InChI is InChI=1S/C25H23FN4O3/c26-19-8-4-18(5-9-19)24(32)28-22-3-1-2-16(14-22)15-27-23(31)17-6-10-20(11-7-17)29-25(33)30-21-12-13-21/h1-11,14,21H,12-13,15H2,(H,27,31)(H,28,32)(H2,29,30,33). The lowest BCUT2D eigenvalue weighted by Crippen LogP contribution is -2.30. The van der Waals surface area contributed by atoms with Crippen molar-refractivity contribution in [2.45, 2.75) is 25.4 Å². The molecule has 0 spiro atoms. The maximum atomic E-state index is 13.0. The molecule has 7 nitrogen and oxygen atoms in total. The minimum absolute atomic E-state index is 0.249. The quantitative estimate of drug-likeness (QED) is 0.436. The number of hydrogen-bond donors (Lipinski definition) is 4. The molecule has 0 radical (unpaired) electrons. The van der Waals surface area contributed by atoms with Gasteiger partial charge in [0.15, 0.2) is 0 Å². The van der Waals surface area contributed by atoms with Crippen molar-refractivity contribution in [1.29, 1.82) is 0 Å². The third kappa shape index (κ3) is 6.39. The molecular weight excluding hydrogens is 423 g/mol. The summed E-state index contributed by atoms with van der Waals surface area (Å²) in [4.78, 5) is 36.6. The van der Waals surface area contributed by atoms with Crippen LogP contribution in [0.25, 0.3) is 0 Å². The molecule has 0 aromatic heterocycles. The van der Waals surface area contributed by atoms with Crippen LogP contribution < -0.4 is 21.3 Å². The highest BCUT2D eigenvalue weighted by Crippen LogP contribution is 2.19. The van der Waals surface area contributed by atoms with Gasteiger partial charge in [0.25, 0.3) is 11.8 Å². The fraction of sp³-hybridized carbons (Fsp3) is 0.160. The van der Waals surface area contributed by atoms with Crippen molar-refractivity contribution in [2.24, 2.45) is 0 Å². The van der Waals surface area contributed by atoms with Crippen LogP contribution in [-0.4, -0.2) is 23.9 Å². The molecule has 1 fully saturated rings. The van der Waals surface area contributed by atoms with E-state index in [9.17, 15) is 18.8 Å². The normalized spacial score (nSPS) is 12.5. The van der Waals surface area contributed by atoms with Gasteiger partial charge in [-0.15, -0.1) is 0 Å². The van der Waals surface area contributed by atoms with Gasteiger partial charge in [-0.2, -0.15) is 0 Å². The summed E-state index contributed by atoms with van der Waals surface area (Å²) in [6.07, 6.45) is 2.02. The van der Waals surface area contributed by atoms with Crippen molar-refractivity contribution in [1.82, 2.24) is 10.6 Å². The first-order valence-corrected chi connectivity index (χ1v) is 10.6. The Bertz CT molecular complexity index is 1160. The maximum Gasteiger partial charge on any atom is 0.319 e. The van der Waals surface area contributed by atoms with Crippen LogP contribution >= 0.6 is 0 Å². The molecule has 0 aliphatic heterocycles. The largest absolute Gasteiger partial charge is 0.348 e. The van der Waals surface area contributed by atoms with E-state index in [0.29, 0.717) is 22.5 Å². The van der Waals surface area contributed by atoms with E-state index in [4.69, 9.17) is 0 Å². The lowest BCUT2D eigenvalue weighted by Gasteiger charge is -2.10. The molecule has 1 aliphatic carbocycles. The van der Waals surface area contributed by atoms with E-state index in [1.165, 1.54) is 24.3 Å². The topological polar surface area (TPSA) is 99.3 Å². The van der Waals surface area contributed by atoms with Crippen LogP contribution in [0.3, 0.4) is 0 Å². The SMILES string of the molecule is O=C(Nc1ccc(C(=O)NCc2cccc(NC(=O)c3ccc(F)cc3)c2)cc1)NC1CC1. The Hall–Kier alpha value is -4.20. The average molecular weight is 446 g/mol. The van der Waals surface area contributed by atoms with E-state index in [0.717, 1.165) is 18.4 Å². The van der Waals surface area contributed by atoms with Gasteiger partial charge in [-0.1, -0.05) is 12.1 Å². The van der Waals surface area contributed by atoms with Crippen LogP contribution in [-0.2, 0) is 6.54 Å². The fourth-order valence-corrected chi connectivity index (χ4v) is 3.13. The minimum atomic E-state index is -0.408. The number of rotatable bonds is 7. The highest BCUT2D eigenvalue weighted by Gasteiger charge is 2.23. The molecule has 4 N–H and O–H groups in total. The Morgan fingerprint density at radius 2 is 1.45 bits per heavy atom. The first kappa shape index (κ1) is 22.0. The minimum Gasteiger partial charge on any atom is -0.348 e. The second-order valence-electron chi connectivity index (χ2n) is 7.79. The van der Waals surface area contributed by atoms with Gasteiger partial charge >= 0.3 is 6.03 Å². The Morgan fingerprint density at radius 1 is 0.788 bits per heavy atom. The van der Waals surface area contributed by atoms with Gasteiger partial charge in [0, 0.05) is 35.1 Å². The van der Waals surface area contributed by atoms with Crippen molar-refractivity contribution < 1.29 is 18.8 Å². The number of benzene rings is 3. The Morgan fingerprint density at radius 3 is 2.15 bits per heavy atom. The smallest absolute Gasteiger partial charge is 0.319 e. The summed E-state index contributed by atoms with van der Waals surface area (Å²) < 4.78 is 13.0. The molecule has 0 unspecified atom stereocenters. The molecule has 8 heteroatoms. The second-order valence-corrected chi connectivity index (χ2v) is 7.79. The van der Waals surface area contributed by atoms with Crippen LogP contribution in [0.1, 0.15) is 39.1 Å². The van der Waals surface area contributed by atoms with Crippen molar-refractivity contribution in [2.75, 3.05) is 10.6 Å². The lowest BCUT2D eigenvalue weighted by molar-refractivity contribution is 0.0950. The average Bonchev–Trinajstić information content (AvgIpc) is 3.62. The lowest BCUT2D eigenvalue weighted by atomic mass is 10.1. The van der Waals surface area contributed by atoms with Crippen molar-refractivity contribution in [3.63, 3.8) is 0 Å². The Kier molecular flexibility index (Phi) is 6.64. The molecule has 168 valence electrons. The predicted molar refractivity (Wildman–Crippen MR) is 124 cm³/mol. The summed E-state index contributed by atoms with van der Waals surface area (Å²) in [6.45, 7) is 0.267. The second kappa shape index (κ2) is 9.95. The molecule has 4 amide bonds. The molecular formula is C25H23FN4O3. The molecule has 33 heavy (non-hydrogen) atoms. The Labute approximate surface area is 190 Å². The van der Waals surface area contributed by atoms with Crippen LogP contribution in [0.15, 0.2) is 72.8 Å². The molecule has 0 heterocycles. The van der Waals surface area contributed by atoms with Gasteiger partial charge < -0.3 is 21.3 Å². The highest BCUT2D eigenvalue weighted by atomic mass is 19.1. The maximum absolute atomic E-state index is 13.0. The molecule has 0 atom stereocenters. The predicted octanol–water partition coefficient (Wildman–Crippen LogP) is 4.29. The first-order valence-electron chi connectivity index (χ1n) is 10.6. The van der Waals surface area contributed by atoms with Crippen molar-refractivity contribution >= 4 is 29.2 Å². The molecule has 0 saturated heterocycles. The van der Waals surface area contributed by atoms with Crippen molar-refractivity contribution in [3.8, 4) is 0 Å². The van der Waals surface area contributed by atoms with E-state index in [1.54, 1.807) is 42.5 Å². The number of anilines is 2. The molecule has 0 bridgehead atoms. The summed E-state index contributed by atoms with van der Waals surface area (Å²) in [5, 5.41) is 11.2.